The van der Waals surface area contributed by atoms with E-state index in [1.165, 1.54) is 70.0 Å². The van der Waals surface area contributed by atoms with Crippen molar-refractivity contribution in [1.29, 1.82) is 0 Å². The summed E-state index contributed by atoms with van der Waals surface area (Å²) in [5, 5.41) is 0. The molecule has 1 aromatic rings. The van der Waals surface area contributed by atoms with Crippen LogP contribution in [0, 0.1) is 0 Å². The van der Waals surface area contributed by atoms with Gasteiger partial charge in [0.2, 0.25) is 0 Å². The summed E-state index contributed by atoms with van der Waals surface area (Å²) in [5.74, 6) is 1.23. The van der Waals surface area contributed by atoms with Crippen molar-refractivity contribution in [2.24, 2.45) is 0 Å². The van der Waals surface area contributed by atoms with Crippen molar-refractivity contribution in [3.63, 3.8) is 0 Å². The van der Waals surface area contributed by atoms with Gasteiger partial charge in [-0.25, -0.2) is 4.98 Å². The standard InChI is InChI=1S/C17H32N2.BrH/c1-3-5-6-7-8-9-10-11-12-13-15-19-16-14-18-17(19)4-2;/h14,16H,3-13,15H2,1-2H3;1H. The van der Waals surface area contributed by atoms with Crippen LogP contribution in [0.4, 0.5) is 0 Å². The Morgan fingerprint density at radius 2 is 1.40 bits per heavy atom. The molecule has 0 atom stereocenters. The summed E-state index contributed by atoms with van der Waals surface area (Å²) >= 11 is 0. The molecule has 0 radical (unpaired) electrons. The summed E-state index contributed by atoms with van der Waals surface area (Å²) in [4.78, 5) is 4.36. The van der Waals surface area contributed by atoms with Crippen molar-refractivity contribution in [1.82, 2.24) is 9.55 Å². The molecule has 0 aliphatic carbocycles. The molecule has 2 nitrogen and oxygen atoms in total. The maximum atomic E-state index is 4.36. The number of rotatable bonds is 12. The quantitative estimate of drug-likeness (QED) is 0.428. The van der Waals surface area contributed by atoms with E-state index in [9.17, 15) is 0 Å². The smallest absolute Gasteiger partial charge is 0.108 e. The average Bonchev–Trinajstić information content (AvgIpc) is 2.88. The van der Waals surface area contributed by atoms with Crippen LogP contribution in [-0.2, 0) is 13.0 Å². The Kier molecular flexibility index (Phi) is 13.5. The molecular weight excluding hydrogens is 312 g/mol. The predicted octanol–water partition coefficient (Wildman–Crippen LogP) is 5.94. The highest BCUT2D eigenvalue weighted by Gasteiger charge is 1.99. The van der Waals surface area contributed by atoms with Crippen LogP contribution in [0.25, 0.3) is 0 Å². The molecule has 0 aliphatic heterocycles. The summed E-state index contributed by atoms with van der Waals surface area (Å²) in [6.07, 6.45) is 19.2. The fourth-order valence-electron chi connectivity index (χ4n) is 2.63. The molecule has 1 aromatic heterocycles. The number of hydrogen-bond acceptors (Lipinski definition) is 1. The second-order valence-electron chi connectivity index (χ2n) is 5.57. The molecule has 3 heteroatoms. The van der Waals surface area contributed by atoms with Gasteiger partial charge in [0.05, 0.1) is 0 Å². The van der Waals surface area contributed by atoms with Crippen molar-refractivity contribution in [2.45, 2.75) is 91.0 Å². The fourth-order valence-corrected chi connectivity index (χ4v) is 2.63. The molecule has 0 bridgehead atoms. The first kappa shape index (κ1) is 19.7. The highest BCUT2D eigenvalue weighted by molar-refractivity contribution is 8.93. The van der Waals surface area contributed by atoms with Gasteiger partial charge in [0.25, 0.3) is 0 Å². The third-order valence-corrected chi connectivity index (χ3v) is 3.87. The Labute approximate surface area is 136 Å². The zero-order chi connectivity index (χ0) is 13.8. The third kappa shape index (κ3) is 8.78. The van der Waals surface area contributed by atoms with Gasteiger partial charge in [-0.2, -0.15) is 0 Å². The Morgan fingerprint density at radius 3 is 1.95 bits per heavy atom. The number of aryl methyl sites for hydroxylation is 2. The predicted molar refractivity (Wildman–Crippen MR) is 93.8 cm³/mol. The molecule has 0 amide bonds. The van der Waals surface area contributed by atoms with Crippen LogP contribution in [0.1, 0.15) is 83.9 Å². The van der Waals surface area contributed by atoms with E-state index in [0.29, 0.717) is 0 Å². The number of halogens is 1. The van der Waals surface area contributed by atoms with Gasteiger partial charge >= 0.3 is 0 Å². The zero-order valence-corrected chi connectivity index (χ0v) is 15.2. The van der Waals surface area contributed by atoms with Gasteiger partial charge in [-0.15, -0.1) is 17.0 Å². The minimum Gasteiger partial charge on any atom is -0.335 e. The van der Waals surface area contributed by atoms with E-state index in [0.717, 1.165) is 13.0 Å². The minimum atomic E-state index is 0. The minimum absolute atomic E-state index is 0. The lowest BCUT2D eigenvalue weighted by Gasteiger charge is -2.06. The Bertz CT molecular complexity index is 310. The monoisotopic (exact) mass is 344 g/mol. The number of aromatic nitrogens is 2. The summed E-state index contributed by atoms with van der Waals surface area (Å²) in [5.41, 5.74) is 0. The van der Waals surface area contributed by atoms with E-state index in [1.807, 2.05) is 6.20 Å². The third-order valence-electron chi connectivity index (χ3n) is 3.87. The largest absolute Gasteiger partial charge is 0.335 e. The molecule has 0 saturated heterocycles. The molecule has 0 N–H and O–H groups in total. The molecule has 0 unspecified atom stereocenters. The maximum absolute atomic E-state index is 4.36. The molecule has 1 heterocycles. The molecule has 0 aliphatic rings. The number of imidazole rings is 1. The maximum Gasteiger partial charge on any atom is 0.108 e. The highest BCUT2D eigenvalue weighted by Crippen LogP contribution is 2.11. The molecule has 0 aromatic carbocycles. The first-order valence-electron chi connectivity index (χ1n) is 8.38. The summed E-state index contributed by atoms with van der Waals surface area (Å²) in [7, 11) is 0. The fraction of sp³-hybridized carbons (Fsp3) is 0.824. The molecule has 1 rings (SSSR count). The lowest BCUT2D eigenvalue weighted by molar-refractivity contribution is 0.529. The molecule has 0 fully saturated rings. The first-order valence-corrected chi connectivity index (χ1v) is 8.38. The van der Waals surface area contributed by atoms with Gasteiger partial charge < -0.3 is 4.57 Å². The Hall–Kier alpha value is -0.310. The Morgan fingerprint density at radius 1 is 0.850 bits per heavy atom. The van der Waals surface area contributed by atoms with Gasteiger partial charge in [0, 0.05) is 25.4 Å². The number of unbranched alkanes of at least 4 members (excludes halogenated alkanes) is 9. The lowest BCUT2D eigenvalue weighted by Crippen LogP contribution is -2.01. The second kappa shape index (κ2) is 13.7. The van der Waals surface area contributed by atoms with Crippen molar-refractivity contribution in [3.8, 4) is 0 Å². The highest BCUT2D eigenvalue weighted by atomic mass is 79.9. The first-order chi connectivity index (χ1) is 9.38. The van der Waals surface area contributed by atoms with E-state index in [4.69, 9.17) is 0 Å². The van der Waals surface area contributed by atoms with Gasteiger partial charge in [-0.1, -0.05) is 71.6 Å². The van der Waals surface area contributed by atoms with Gasteiger partial charge in [-0.3, -0.25) is 0 Å². The van der Waals surface area contributed by atoms with E-state index >= 15 is 0 Å². The molecule has 118 valence electrons. The van der Waals surface area contributed by atoms with Crippen LogP contribution in [0.5, 0.6) is 0 Å². The normalized spacial score (nSPS) is 10.5. The Balaban J connectivity index is 0.00000361. The van der Waals surface area contributed by atoms with Crippen LogP contribution < -0.4 is 0 Å². The van der Waals surface area contributed by atoms with Gasteiger partial charge in [-0.05, 0) is 6.42 Å². The van der Waals surface area contributed by atoms with Crippen LogP contribution in [-0.4, -0.2) is 9.55 Å². The summed E-state index contributed by atoms with van der Waals surface area (Å²) in [6, 6.07) is 0. The van der Waals surface area contributed by atoms with Crippen molar-refractivity contribution >= 4 is 17.0 Å². The lowest BCUT2D eigenvalue weighted by atomic mass is 10.1. The van der Waals surface area contributed by atoms with Crippen LogP contribution in [0.3, 0.4) is 0 Å². The van der Waals surface area contributed by atoms with E-state index in [2.05, 4.69) is 29.6 Å². The topological polar surface area (TPSA) is 17.8 Å². The zero-order valence-electron chi connectivity index (χ0n) is 13.4. The number of hydrogen-bond donors (Lipinski definition) is 0. The van der Waals surface area contributed by atoms with Crippen molar-refractivity contribution < 1.29 is 0 Å². The molecular formula is C17H33BrN2. The van der Waals surface area contributed by atoms with Crippen LogP contribution in [0.15, 0.2) is 12.4 Å². The second-order valence-corrected chi connectivity index (χ2v) is 5.57. The van der Waals surface area contributed by atoms with Crippen molar-refractivity contribution in [2.75, 3.05) is 0 Å². The van der Waals surface area contributed by atoms with E-state index in [1.54, 1.807) is 0 Å². The average molecular weight is 345 g/mol. The summed E-state index contributed by atoms with van der Waals surface area (Å²) in [6.45, 7) is 5.61. The van der Waals surface area contributed by atoms with Crippen molar-refractivity contribution in [3.05, 3.63) is 18.2 Å². The number of nitrogens with zero attached hydrogens (tertiary/aromatic N) is 2. The van der Waals surface area contributed by atoms with Crippen LogP contribution >= 0.6 is 17.0 Å². The summed E-state index contributed by atoms with van der Waals surface area (Å²) < 4.78 is 2.31. The van der Waals surface area contributed by atoms with Gasteiger partial charge in [0.1, 0.15) is 5.82 Å². The van der Waals surface area contributed by atoms with Gasteiger partial charge in [0.15, 0.2) is 0 Å². The van der Waals surface area contributed by atoms with E-state index < -0.39 is 0 Å². The molecule has 0 saturated carbocycles. The SMILES string of the molecule is Br.CCCCCCCCCCCCn1ccnc1CC. The molecule has 0 spiro atoms. The van der Waals surface area contributed by atoms with E-state index in [-0.39, 0.29) is 17.0 Å². The van der Waals surface area contributed by atoms with Crippen LogP contribution in [0.2, 0.25) is 0 Å². The molecule has 20 heavy (non-hydrogen) atoms.